The molecule has 1 aliphatic heterocycles. The standard InChI is InChI=1S/C41H63NO7/c1-24(2)32-27(43)22-41(42-34(45)25-14-20-48-21-15-25)19-18-39(8)26(33(32)41)10-11-29-38(7)16-13-30(49-31(44)23-36(3,4)35(46)47)37(5,6)28(38)12-17-40(29,39)9/h24-26,28-30H,10-23H2,1-9H3,(H,42,45)(H,46,47)/t26?,28?,29?,30-,38-,39+,40+,41+/m0/s1. The Morgan fingerprint density at radius 3 is 2.20 bits per heavy atom. The van der Waals surface area contributed by atoms with Crippen LogP contribution in [0.15, 0.2) is 11.1 Å². The van der Waals surface area contributed by atoms with Gasteiger partial charge in [-0.05, 0) is 129 Å². The van der Waals surface area contributed by atoms with Crippen molar-refractivity contribution in [3.8, 4) is 0 Å². The Bertz CT molecular complexity index is 1420. The van der Waals surface area contributed by atoms with Crippen LogP contribution in [0.3, 0.4) is 0 Å². The fourth-order valence-electron chi connectivity index (χ4n) is 12.9. The third-order valence-electron chi connectivity index (χ3n) is 15.8. The largest absolute Gasteiger partial charge is 0.481 e. The molecule has 3 unspecified atom stereocenters. The summed E-state index contributed by atoms with van der Waals surface area (Å²) in [6.45, 7) is 20.8. The number of amides is 1. The molecule has 1 saturated heterocycles. The van der Waals surface area contributed by atoms with Gasteiger partial charge in [0.15, 0.2) is 5.78 Å². The molecule has 0 spiro atoms. The molecule has 6 aliphatic rings. The Hall–Kier alpha value is -2.22. The number of carboxylic acid groups (broad SMARTS) is 1. The van der Waals surface area contributed by atoms with Gasteiger partial charge >= 0.3 is 11.9 Å². The summed E-state index contributed by atoms with van der Waals surface area (Å²) in [5.41, 5.74) is 0.409. The molecule has 8 nitrogen and oxygen atoms in total. The molecule has 1 amide bonds. The number of esters is 1. The second-order valence-electron chi connectivity index (χ2n) is 19.4. The lowest BCUT2D eigenvalue weighted by Gasteiger charge is -2.72. The normalized spacial score (nSPS) is 40.6. The average Bonchev–Trinajstić information content (AvgIpc) is 3.30. The van der Waals surface area contributed by atoms with Crippen molar-refractivity contribution in [3.63, 3.8) is 0 Å². The maximum atomic E-state index is 13.9. The van der Waals surface area contributed by atoms with Gasteiger partial charge in [-0.25, -0.2) is 0 Å². The molecule has 274 valence electrons. The van der Waals surface area contributed by atoms with Gasteiger partial charge in [-0.2, -0.15) is 0 Å². The lowest BCUT2D eigenvalue weighted by Crippen LogP contribution is -2.67. The van der Waals surface area contributed by atoms with Gasteiger partial charge in [0, 0.05) is 31.0 Å². The first kappa shape index (κ1) is 36.6. The van der Waals surface area contributed by atoms with Gasteiger partial charge in [0.25, 0.3) is 0 Å². The minimum absolute atomic E-state index is 0.00717. The summed E-state index contributed by atoms with van der Waals surface area (Å²) in [6, 6.07) is 0. The van der Waals surface area contributed by atoms with E-state index in [0.29, 0.717) is 31.5 Å². The molecule has 4 saturated carbocycles. The molecule has 0 aromatic rings. The van der Waals surface area contributed by atoms with Crippen molar-refractivity contribution in [1.29, 1.82) is 0 Å². The lowest BCUT2D eigenvalue weighted by molar-refractivity contribution is -0.232. The Labute approximate surface area is 294 Å². The van der Waals surface area contributed by atoms with E-state index in [9.17, 15) is 24.3 Å². The highest BCUT2D eigenvalue weighted by Crippen LogP contribution is 2.76. The zero-order chi connectivity index (χ0) is 35.9. The number of allylic oxidation sites excluding steroid dienone is 1. The zero-order valence-corrected chi connectivity index (χ0v) is 31.8. The van der Waals surface area contributed by atoms with Crippen LogP contribution in [0.5, 0.6) is 0 Å². The van der Waals surface area contributed by atoms with Gasteiger partial charge in [0.2, 0.25) is 5.91 Å². The molecule has 0 aromatic carbocycles. The van der Waals surface area contributed by atoms with Crippen molar-refractivity contribution in [3.05, 3.63) is 11.1 Å². The third-order valence-corrected chi connectivity index (χ3v) is 15.8. The summed E-state index contributed by atoms with van der Waals surface area (Å²) in [4.78, 5) is 52.5. The Balaban J connectivity index is 1.28. The number of fused-ring (bicyclic) bond motifs is 7. The number of Topliss-reactive ketones (excluding diaryl/α,β-unsaturated/α-hetero) is 1. The highest BCUT2D eigenvalue weighted by atomic mass is 16.5. The number of rotatable bonds is 7. The Kier molecular flexibility index (Phi) is 9.10. The molecule has 6 rings (SSSR count). The van der Waals surface area contributed by atoms with Crippen LogP contribution in [-0.2, 0) is 28.7 Å². The van der Waals surface area contributed by atoms with Crippen molar-refractivity contribution in [2.75, 3.05) is 13.2 Å². The highest BCUT2D eigenvalue weighted by molar-refractivity contribution is 6.02. The van der Waals surface area contributed by atoms with Gasteiger partial charge in [0.05, 0.1) is 17.4 Å². The smallest absolute Gasteiger partial charge is 0.309 e. The molecule has 1 heterocycles. The SMILES string of the molecule is CC(C)C1=C2C3CCC4[C@@]5(C)CC[C@H](OC(=O)CC(C)(C)C(=O)O)C(C)(C)C5CC[C@@]4(C)[C@]3(C)CC[C@@]2(NC(=O)C2CCOCC2)CC1=O. The first-order valence-electron chi connectivity index (χ1n) is 19.3. The maximum Gasteiger partial charge on any atom is 0.309 e. The van der Waals surface area contributed by atoms with Crippen LogP contribution >= 0.6 is 0 Å². The van der Waals surface area contributed by atoms with E-state index in [2.05, 4.69) is 53.8 Å². The first-order chi connectivity index (χ1) is 22.7. The second kappa shape index (κ2) is 12.2. The van der Waals surface area contributed by atoms with Crippen LogP contribution in [0.4, 0.5) is 0 Å². The van der Waals surface area contributed by atoms with Crippen molar-refractivity contribution in [2.24, 2.45) is 56.7 Å². The van der Waals surface area contributed by atoms with Gasteiger partial charge < -0.3 is 19.9 Å². The van der Waals surface area contributed by atoms with Gasteiger partial charge in [-0.15, -0.1) is 0 Å². The van der Waals surface area contributed by atoms with E-state index in [4.69, 9.17) is 9.47 Å². The predicted molar refractivity (Wildman–Crippen MR) is 187 cm³/mol. The quantitative estimate of drug-likeness (QED) is 0.265. The molecular weight excluding hydrogens is 618 g/mol. The van der Waals surface area contributed by atoms with Crippen molar-refractivity contribution in [1.82, 2.24) is 5.32 Å². The molecule has 0 bridgehead atoms. The lowest BCUT2D eigenvalue weighted by atomic mass is 9.33. The fourth-order valence-corrected chi connectivity index (χ4v) is 12.9. The molecule has 8 heteroatoms. The van der Waals surface area contributed by atoms with Gasteiger partial charge in [0.1, 0.15) is 6.10 Å². The summed E-state index contributed by atoms with van der Waals surface area (Å²) in [7, 11) is 0. The topological polar surface area (TPSA) is 119 Å². The minimum Gasteiger partial charge on any atom is -0.481 e. The van der Waals surface area contributed by atoms with Crippen LogP contribution in [0.1, 0.15) is 139 Å². The van der Waals surface area contributed by atoms with Crippen LogP contribution in [0, 0.1) is 56.7 Å². The number of hydrogen-bond donors (Lipinski definition) is 2. The molecule has 8 atom stereocenters. The highest BCUT2D eigenvalue weighted by Gasteiger charge is 2.70. The zero-order valence-electron chi connectivity index (χ0n) is 31.8. The van der Waals surface area contributed by atoms with E-state index in [-0.39, 0.29) is 63.6 Å². The van der Waals surface area contributed by atoms with E-state index in [0.717, 1.165) is 69.8 Å². The molecule has 0 radical (unpaired) electrons. The van der Waals surface area contributed by atoms with Crippen LogP contribution in [0.2, 0.25) is 0 Å². The second-order valence-corrected chi connectivity index (χ2v) is 19.4. The van der Waals surface area contributed by atoms with Crippen LogP contribution < -0.4 is 5.32 Å². The van der Waals surface area contributed by atoms with Gasteiger partial charge in [-0.1, -0.05) is 48.5 Å². The molecule has 0 aromatic heterocycles. The van der Waals surface area contributed by atoms with Crippen LogP contribution in [0.25, 0.3) is 0 Å². The molecular formula is C41H63NO7. The number of carboxylic acids is 1. The molecule has 5 fully saturated rings. The number of aliphatic carboxylic acids is 1. The summed E-state index contributed by atoms with van der Waals surface area (Å²) in [5, 5.41) is 13.2. The third kappa shape index (κ3) is 5.55. The Morgan fingerprint density at radius 1 is 0.898 bits per heavy atom. The molecule has 2 N–H and O–H groups in total. The van der Waals surface area contributed by atoms with Gasteiger partial charge in [-0.3, -0.25) is 19.2 Å². The van der Waals surface area contributed by atoms with Crippen molar-refractivity contribution in [2.45, 2.75) is 151 Å². The number of carbonyl (C=O) groups excluding carboxylic acids is 3. The Morgan fingerprint density at radius 2 is 1.57 bits per heavy atom. The number of nitrogens with one attached hydrogen (secondary N) is 1. The molecule has 5 aliphatic carbocycles. The summed E-state index contributed by atoms with van der Waals surface area (Å²) in [6.07, 6.45) is 9.31. The van der Waals surface area contributed by atoms with Crippen molar-refractivity contribution >= 4 is 23.6 Å². The van der Waals surface area contributed by atoms with Crippen molar-refractivity contribution < 1.29 is 33.8 Å². The number of hydrogen-bond acceptors (Lipinski definition) is 6. The van der Waals surface area contributed by atoms with E-state index >= 15 is 0 Å². The number of ketones is 1. The van der Waals surface area contributed by atoms with E-state index in [1.807, 2.05) is 0 Å². The molecule has 49 heavy (non-hydrogen) atoms. The fraction of sp³-hybridized carbons (Fsp3) is 0.854. The first-order valence-corrected chi connectivity index (χ1v) is 19.3. The summed E-state index contributed by atoms with van der Waals surface area (Å²) < 4.78 is 11.7. The maximum absolute atomic E-state index is 13.9. The monoisotopic (exact) mass is 681 g/mol. The number of carbonyl (C=O) groups is 4. The van der Waals surface area contributed by atoms with E-state index < -0.39 is 22.9 Å². The summed E-state index contributed by atoms with van der Waals surface area (Å²) >= 11 is 0. The average molecular weight is 682 g/mol. The van der Waals surface area contributed by atoms with E-state index in [1.165, 1.54) is 5.57 Å². The predicted octanol–water partition coefficient (Wildman–Crippen LogP) is 7.68. The van der Waals surface area contributed by atoms with E-state index in [1.54, 1.807) is 13.8 Å². The number of ether oxygens (including phenoxy) is 2. The minimum atomic E-state index is -1.16. The summed E-state index contributed by atoms with van der Waals surface area (Å²) in [5.74, 6) is 0.0967. The van der Waals surface area contributed by atoms with Crippen LogP contribution in [-0.4, -0.2) is 53.6 Å².